The lowest BCUT2D eigenvalue weighted by Gasteiger charge is -2.22. The van der Waals surface area contributed by atoms with Gasteiger partial charge in [-0.25, -0.2) is 0 Å². The first-order valence-electron chi connectivity index (χ1n) is 7.82. The fourth-order valence-electron chi connectivity index (χ4n) is 2.55. The van der Waals surface area contributed by atoms with Crippen LogP contribution in [0.4, 0.5) is 5.69 Å². The molecule has 1 N–H and O–H groups in total. The van der Waals surface area contributed by atoms with Crippen LogP contribution in [0.25, 0.3) is 0 Å². The van der Waals surface area contributed by atoms with Crippen molar-refractivity contribution in [1.82, 2.24) is 0 Å². The van der Waals surface area contributed by atoms with Gasteiger partial charge in [0.05, 0.1) is 38.2 Å². The lowest BCUT2D eigenvalue weighted by Crippen LogP contribution is -3.06. The van der Waals surface area contributed by atoms with Gasteiger partial charge in [0.15, 0.2) is 0 Å². The summed E-state index contributed by atoms with van der Waals surface area (Å²) in [5.41, 5.74) is 1.10. The van der Waals surface area contributed by atoms with Gasteiger partial charge < -0.3 is 14.7 Å². The van der Waals surface area contributed by atoms with E-state index in [1.807, 2.05) is 38.4 Å². The molecule has 2 aromatic carbocycles. The molecule has 0 heterocycles. The van der Waals surface area contributed by atoms with E-state index in [-0.39, 0.29) is 23.0 Å². The molecule has 0 aliphatic heterocycles. The van der Waals surface area contributed by atoms with Gasteiger partial charge in [-0.15, -0.1) is 0 Å². The highest BCUT2D eigenvalue weighted by Gasteiger charge is 2.20. The number of quaternary nitrogens is 1. The van der Waals surface area contributed by atoms with Crippen molar-refractivity contribution in [2.24, 2.45) is 4.99 Å². The normalized spacial score (nSPS) is 12.5. The number of nitro groups is 1. The van der Waals surface area contributed by atoms with Crippen LogP contribution in [-0.2, 0) is 0 Å². The number of likely N-dealkylation sites (N-methyl/N-ethyl adjacent to an activating group) is 1. The van der Waals surface area contributed by atoms with Gasteiger partial charge in [-0.2, -0.15) is 0 Å². The Morgan fingerprint density at radius 2 is 2.00 bits per heavy atom. The number of methoxy groups -OCH3 is 1. The van der Waals surface area contributed by atoms with E-state index in [9.17, 15) is 15.2 Å². The van der Waals surface area contributed by atoms with Crippen LogP contribution in [0.3, 0.4) is 0 Å². The molecule has 0 spiro atoms. The van der Waals surface area contributed by atoms with Crippen molar-refractivity contribution >= 4 is 11.9 Å². The second-order valence-electron chi connectivity index (χ2n) is 5.85. The third kappa shape index (κ3) is 4.54. The summed E-state index contributed by atoms with van der Waals surface area (Å²) in [6.07, 6.45) is 1.40. The quantitative estimate of drug-likeness (QED) is 0.461. The second kappa shape index (κ2) is 8.25. The highest BCUT2D eigenvalue weighted by Crippen LogP contribution is 2.23. The minimum atomic E-state index is -0.529. The molecule has 1 atom stereocenters. The number of nitrogens with zero attached hydrogens (tertiary/aromatic N) is 2. The van der Waals surface area contributed by atoms with Gasteiger partial charge in [-0.1, -0.05) is 23.9 Å². The Bertz CT molecular complexity index is 775. The Labute approximate surface area is 146 Å². The average Bonchev–Trinajstić information content (AvgIpc) is 2.59. The third-order valence-electron chi connectivity index (χ3n) is 3.93. The fraction of sp³-hybridized carbons (Fsp3) is 0.278. The van der Waals surface area contributed by atoms with Crippen LogP contribution in [0.15, 0.2) is 47.5 Å². The minimum Gasteiger partial charge on any atom is -0.872 e. The Morgan fingerprint density at radius 3 is 2.64 bits per heavy atom. The van der Waals surface area contributed by atoms with E-state index < -0.39 is 4.92 Å². The van der Waals surface area contributed by atoms with Crippen LogP contribution in [0, 0.1) is 10.1 Å². The first kappa shape index (κ1) is 18.4. The van der Waals surface area contributed by atoms with E-state index in [1.54, 1.807) is 7.11 Å². The molecule has 0 saturated heterocycles. The zero-order chi connectivity index (χ0) is 18.4. The molecule has 0 bridgehead atoms. The Kier molecular flexibility index (Phi) is 6.08. The van der Waals surface area contributed by atoms with E-state index in [0.29, 0.717) is 6.54 Å². The molecule has 25 heavy (non-hydrogen) atoms. The maximum absolute atomic E-state index is 11.8. The Morgan fingerprint density at radius 1 is 1.28 bits per heavy atom. The summed E-state index contributed by atoms with van der Waals surface area (Å²) in [5, 5.41) is 22.7. The number of hydrogen-bond acceptors (Lipinski definition) is 5. The summed E-state index contributed by atoms with van der Waals surface area (Å²) in [6.45, 7) is 0.421. The van der Waals surface area contributed by atoms with Gasteiger partial charge in [-0.3, -0.25) is 15.1 Å². The molecule has 0 aliphatic rings. The van der Waals surface area contributed by atoms with Crippen molar-refractivity contribution in [3.05, 3.63) is 63.7 Å². The third-order valence-corrected chi connectivity index (χ3v) is 3.93. The number of non-ortho nitro benzene ring substituents is 1. The van der Waals surface area contributed by atoms with Crippen LogP contribution in [0.1, 0.15) is 17.2 Å². The van der Waals surface area contributed by atoms with Crippen molar-refractivity contribution in [3.8, 4) is 11.5 Å². The summed E-state index contributed by atoms with van der Waals surface area (Å²) in [5.74, 6) is 0.490. The van der Waals surface area contributed by atoms with Crippen molar-refractivity contribution in [2.75, 3.05) is 27.7 Å². The predicted molar refractivity (Wildman–Crippen MR) is 93.5 cm³/mol. The molecule has 0 aromatic heterocycles. The van der Waals surface area contributed by atoms with Crippen LogP contribution in [0.5, 0.6) is 11.5 Å². The number of aliphatic imine (C=N–C) groups is 1. The fourth-order valence-corrected chi connectivity index (χ4v) is 2.55. The van der Waals surface area contributed by atoms with Gasteiger partial charge in [0.1, 0.15) is 11.8 Å². The molecule has 132 valence electrons. The standard InChI is InChI=1S/C18H21N3O4/c1-20(2)16(15-6-4-5-7-18(15)25-3)12-19-11-13-10-14(21(23)24)8-9-17(13)22/h4-11,16,22H,12H2,1-3H3/t16-/m1/s1. The summed E-state index contributed by atoms with van der Waals surface area (Å²) in [4.78, 5) is 15.8. The smallest absolute Gasteiger partial charge is 0.270 e. The number of hydrogen-bond donors (Lipinski definition) is 1. The molecule has 0 radical (unpaired) electrons. The average molecular weight is 343 g/mol. The summed E-state index contributed by atoms with van der Waals surface area (Å²) in [7, 11) is 5.65. The summed E-state index contributed by atoms with van der Waals surface area (Å²) < 4.78 is 5.41. The molecule has 0 unspecified atom stereocenters. The van der Waals surface area contributed by atoms with E-state index in [2.05, 4.69) is 4.99 Å². The second-order valence-corrected chi connectivity index (χ2v) is 5.85. The van der Waals surface area contributed by atoms with Gasteiger partial charge in [0.25, 0.3) is 5.69 Å². The largest absolute Gasteiger partial charge is 0.872 e. The number of rotatable bonds is 7. The lowest BCUT2D eigenvalue weighted by atomic mass is 10.0. The topological polar surface area (TPSA) is 92.2 Å². The van der Waals surface area contributed by atoms with Crippen molar-refractivity contribution < 1.29 is 19.7 Å². The van der Waals surface area contributed by atoms with E-state index >= 15 is 0 Å². The maximum Gasteiger partial charge on any atom is 0.270 e. The molecular formula is C18H21N3O4. The van der Waals surface area contributed by atoms with Gasteiger partial charge in [-0.05, 0) is 17.7 Å². The van der Waals surface area contributed by atoms with Gasteiger partial charge in [0, 0.05) is 18.3 Å². The Balaban J connectivity index is 2.23. The number of ether oxygens (including phenoxy) is 1. The first-order chi connectivity index (χ1) is 11.9. The molecule has 2 aromatic rings. The Hall–Kier alpha value is -2.93. The molecular weight excluding hydrogens is 322 g/mol. The number of nitrogens with one attached hydrogen (secondary N) is 1. The molecule has 7 nitrogen and oxygen atoms in total. The minimum absolute atomic E-state index is 0.0289. The molecule has 0 amide bonds. The van der Waals surface area contributed by atoms with E-state index in [4.69, 9.17) is 4.74 Å². The summed E-state index contributed by atoms with van der Waals surface area (Å²) >= 11 is 0. The zero-order valence-corrected chi connectivity index (χ0v) is 14.4. The van der Waals surface area contributed by atoms with Crippen LogP contribution in [0.2, 0.25) is 0 Å². The maximum atomic E-state index is 11.8. The number of benzene rings is 2. The van der Waals surface area contributed by atoms with E-state index in [1.165, 1.54) is 24.4 Å². The molecule has 0 fully saturated rings. The predicted octanol–water partition coefficient (Wildman–Crippen LogP) is 0.982. The highest BCUT2D eigenvalue weighted by molar-refractivity contribution is 5.84. The SMILES string of the molecule is COc1ccccc1[C@@H](CN=Cc1cc([N+](=O)[O-])ccc1[O-])[NH+](C)C. The van der Waals surface area contributed by atoms with Crippen LogP contribution < -0.4 is 14.7 Å². The first-order valence-corrected chi connectivity index (χ1v) is 7.82. The molecule has 7 heteroatoms. The number of nitro benzene ring substituents is 1. The molecule has 0 aliphatic carbocycles. The highest BCUT2D eigenvalue weighted by atomic mass is 16.6. The lowest BCUT2D eigenvalue weighted by molar-refractivity contribution is -0.890. The monoisotopic (exact) mass is 343 g/mol. The van der Waals surface area contributed by atoms with Crippen molar-refractivity contribution in [3.63, 3.8) is 0 Å². The van der Waals surface area contributed by atoms with Crippen molar-refractivity contribution in [1.29, 1.82) is 0 Å². The zero-order valence-electron chi connectivity index (χ0n) is 14.4. The van der Waals surface area contributed by atoms with Gasteiger partial charge in [0.2, 0.25) is 0 Å². The van der Waals surface area contributed by atoms with Gasteiger partial charge >= 0.3 is 0 Å². The number of para-hydroxylation sites is 1. The summed E-state index contributed by atoms with van der Waals surface area (Å²) in [6, 6.07) is 11.4. The van der Waals surface area contributed by atoms with Crippen LogP contribution in [-0.4, -0.2) is 38.9 Å². The van der Waals surface area contributed by atoms with Crippen LogP contribution >= 0.6 is 0 Å². The van der Waals surface area contributed by atoms with Crippen molar-refractivity contribution in [2.45, 2.75) is 6.04 Å². The molecule has 0 saturated carbocycles. The molecule has 2 rings (SSSR count). The van der Waals surface area contributed by atoms with E-state index in [0.717, 1.165) is 16.2 Å².